The molecule has 0 bridgehead atoms. The van der Waals surface area contributed by atoms with Crippen molar-refractivity contribution < 1.29 is 23.2 Å². The van der Waals surface area contributed by atoms with Crippen LogP contribution in [0.5, 0.6) is 0 Å². The topological polar surface area (TPSA) is 120 Å². The molecular formula is C26H20N4O5. The summed E-state index contributed by atoms with van der Waals surface area (Å²) in [6.45, 7) is 3.31. The molecule has 1 aromatic carbocycles. The highest BCUT2D eigenvalue weighted by Gasteiger charge is 2.21. The number of hydrogen-bond acceptors (Lipinski definition) is 8. The highest BCUT2D eigenvalue weighted by molar-refractivity contribution is 5.98. The molecule has 4 heterocycles. The third-order valence-electron chi connectivity index (χ3n) is 5.20. The second-order valence-electron chi connectivity index (χ2n) is 7.78. The molecule has 9 nitrogen and oxygen atoms in total. The Kier molecular flexibility index (Phi) is 5.80. The van der Waals surface area contributed by atoms with Crippen LogP contribution in [-0.2, 0) is 9.53 Å². The average Bonchev–Trinajstić information content (AvgIpc) is 3.57. The molecule has 0 aliphatic carbocycles. The third-order valence-corrected chi connectivity index (χ3v) is 5.20. The van der Waals surface area contributed by atoms with Gasteiger partial charge in [-0.2, -0.15) is 0 Å². The van der Waals surface area contributed by atoms with E-state index in [4.69, 9.17) is 13.6 Å². The molecule has 174 valence electrons. The van der Waals surface area contributed by atoms with Gasteiger partial charge < -0.3 is 18.9 Å². The fourth-order valence-electron chi connectivity index (χ4n) is 3.47. The summed E-state index contributed by atoms with van der Waals surface area (Å²) in [4.78, 5) is 38.8. The molecule has 0 fully saturated rings. The maximum absolute atomic E-state index is 12.8. The van der Waals surface area contributed by atoms with E-state index in [0.29, 0.717) is 39.8 Å². The number of carbonyl (C=O) groups is 2. The predicted molar refractivity (Wildman–Crippen MR) is 127 cm³/mol. The third kappa shape index (κ3) is 4.65. The van der Waals surface area contributed by atoms with Gasteiger partial charge in [-0.15, -0.1) is 0 Å². The Morgan fingerprint density at radius 1 is 0.857 bits per heavy atom. The lowest BCUT2D eigenvalue weighted by molar-refractivity contribution is -0.123. The molecule has 0 aliphatic heterocycles. The number of amides is 1. The van der Waals surface area contributed by atoms with Crippen molar-refractivity contribution in [1.82, 2.24) is 15.0 Å². The van der Waals surface area contributed by atoms with Crippen LogP contribution in [0, 0.1) is 6.92 Å². The highest BCUT2D eigenvalue weighted by Crippen LogP contribution is 2.31. The standard InChI is InChI=1S/C26H20N4O5/c1-15-6-3-9-22(27-15)30-25(31)16(2)35-26(32)17-10-11-18-19(14-17)29-24(21-8-5-13-34-21)23(28-18)20-7-4-12-33-20/h3-14,16H,1-2H3,(H,27,30,31). The van der Waals surface area contributed by atoms with Gasteiger partial charge >= 0.3 is 5.97 Å². The lowest BCUT2D eigenvalue weighted by Gasteiger charge is -2.14. The molecule has 0 aliphatic rings. The van der Waals surface area contributed by atoms with Gasteiger partial charge in [-0.1, -0.05) is 6.07 Å². The Morgan fingerprint density at radius 3 is 2.17 bits per heavy atom. The summed E-state index contributed by atoms with van der Waals surface area (Å²) in [6, 6.07) is 17.1. The van der Waals surface area contributed by atoms with Crippen LogP contribution >= 0.6 is 0 Å². The van der Waals surface area contributed by atoms with Gasteiger partial charge in [-0.25, -0.2) is 19.7 Å². The summed E-state index contributed by atoms with van der Waals surface area (Å²) in [6.07, 6.45) is 2.06. The van der Waals surface area contributed by atoms with Crippen molar-refractivity contribution in [2.24, 2.45) is 0 Å². The van der Waals surface area contributed by atoms with E-state index in [0.717, 1.165) is 5.69 Å². The maximum atomic E-state index is 12.8. The lowest BCUT2D eigenvalue weighted by Crippen LogP contribution is -2.30. The van der Waals surface area contributed by atoms with Crippen LogP contribution in [0.3, 0.4) is 0 Å². The Bertz CT molecular complexity index is 1510. The molecule has 5 aromatic rings. The van der Waals surface area contributed by atoms with Crippen molar-refractivity contribution in [3.05, 3.63) is 84.4 Å². The predicted octanol–water partition coefficient (Wildman–Crippen LogP) is 5.04. The Labute approximate surface area is 199 Å². The van der Waals surface area contributed by atoms with Gasteiger partial charge in [-0.05, 0) is 68.4 Å². The molecule has 35 heavy (non-hydrogen) atoms. The number of pyridine rings is 1. The molecule has 1 atom stereocenters. The van der Waals surface area contributed by atoms with E-state index in [9.17, 15) is 9.59 Å². The monoisotopic (exact) mass is 468 g/mol. The molecule has 1 unspecified atom stereocenters. The number of ether oxygens (including phenoxy) is 1. The first kappa shape index (κ1) is 22.0. The molecule has 0 radical (unpaired) electrons. The number of carbonyl (C=O) groups excluding carboxylic acids is 2. The van der Waals surface area contributed by atoms with Crippen LogP contribution in [0.2, 0.25) is 0 Å². The van der Waals surface area contributed by atoms with Crippen molar-refractivity contribution in [1.29, 1.82) is 0 Å². The summed E-state index contributed by atoms with van der Waals surface area (Å²) in [5.74, 6) is 0.284. The quantitative estimate of drug-likeness (QED) is 0.344. The van der Waals surface area contributed by atoms with E-state index in [-0.39, 0.29) is 5.56 Å². The van der Waals surface area contributed by atoms with E-state index < -0.39 is 18.0 Å². The van der Waals surface area contributed by atoms with Gasteiger partial charge in [-0.3, -0.25) is 4.79 Å². The van der Waals surface area contributed by atoms with Gasteiger partial charge in [0.05, 0.1) is 29.1 Å². The van der Waals surface area contributed by atoms with Crippen LogP contribution in [0.15, 0.2) is 82.0 Å². The normalized spacial score (nSPS) is 11.8. The second kappa shape index (κ2) is 9.22. The van der Waals surface area contributed by atoms with Crippen LogP contribution < -0.4 is 5.32 Å². The van der Waals surface area contributed by atoms with E-state index in [1.165, 1.54) is 6.92 Å². The summed E-state index contributed by atoms with van der Waals surface area (Å²) < 4.78 is 16.4. The number of nitrogens with one attached hydrogen (secondary N) is 1. The highest BCUT2D eigenvalue weighted by atomic mass is 16.5. The molecule has 0 spiro atoms. The fourth-order valence-corrected chi connectivity index (χ4v) is 3.47. The minimum absolute atomic E-state index is 0.233. The van der Waals surface area contributed by atoms with Crippen LogP contribution in [0.25, 0.3) is 33.9 Å². The van der Waals surface area contributed by atoms with Gasteiger partial charge in [0.15, 0.2) is 17.6 Å². The smallest absolute Gasteiger partial charge is 0.338 e. The largest absolute Gasteiger partial charge is 0.463 e. The Balaban J connectivity index is 1.40. The summed E-state index contributed by atoms with van der Waals surface area (Å²) in [5.41, 5.74) is 3.00. The molecule has 5 rings (SSSR count). The van der Waals surface area contributed by atoms with Gasteiger partial charge in [0.25, 0.3) is 5.91 Å². The Morgan fingerprint density at radius 2 is 1.54 bits per heavy atom. The number of benzene rings is 1. The molecule has 4 aromatic heterocycles. The Hall–Kier alpha value is -4.79. The van der Waals surface area contributed by atoms with Crippen molar-refractivity contribution in [2.75, 3.05) is 5.32 Å². The van der Waals surface area contributed by atoms with E-state index in [1.807, 2.05) is 13.0 Å². The number of fused-ring (bicyclic) bond motifs is 1. The van der Waals surface area contributed by atoms with Crippen LogP contribution in [0.4, 0.5) is 5.82 Å². The first-order valence-electron chi connectivity index (χ1n) is 10.8. The zero-order valence-electron chi connectivity index (χ0n) is 18.9. The van der Waals surface area contributed by atoms with Gasteiger partial charge in [0.2, 0.25) is 0 Å². The average molecular weight is 468 g/mol. The fraction of sp³-hybridized carbons (Fsp3) is 0.115. The number of furan rings is 2. The van der Waals surface area contributed by atoms with Crippen LogP contribution in [-0.4, -0.2) is 32.9 Å². The number of anilines is 1. The molecule has 1 amide bonds. The summed E-state index contributed by atoms with van der Waals surface area (Å²) in [7, 11) is 0. The van der Waals surface area contributed by atoms with Gasteiger partial charge in [0.1, 0.15) is 17.2 Å². The first-order chi connectivity index (χ1) is 17.0. The minimum atomic E-state index is -1.04. The first-order valence-corrected chi connectivity index (χ1v) is 10.8. The van der Waals surface area contributed by atoms with Crippen molar-refractivity contribution in [3.63, 3.8) is 0 Å². The summed E-state index contributed by atoms with van der Waals surface area (Å²) in [5, 5.41) is 2.64. The molecule has 1 N–H and O–H groups in total. The number of aryl methyl sites for hydroxylation is 1. The number of nitrogens with zero attached hydrogens (tertiary/aromatic N) is 3. The molecule has 0 saturated carbocycles. The zero-order valence-corrected chi connectivity index (χ0v) is 18.9. The molecular weight excluding hydrogens is 448 g/mol. The zero-order chi connectivity index (χ0) is 24.4. The number of esters is 1. The molecule has 9 heteroatoms. The number of hydrogen-bond donors (Lipinski definition) is 1. The minimum Gasteiger partial charge on any atom is -0.463 e. The second-order valence-corrected chi connectivity index (χ2v) is 7.78. The molecule has 0 saturated heterocycles. The van der Waals surface area contributed by atoms with Crippen molar-refractivity contribution in [3.8, 4) is 22.9 Å². The maximum Gasteiger partial charge on any atom is 0.338 e. The van der Waals surface area contributed by atoms with Crippen molar-refractivity contribution >= 4 is 28.7 Å². The SMILES string of the molecule is Cc1cccc(NC(=O)C(C)OC(=O)c2ccc3nc(-c4ccco4)c(-c4ccco4)nc3c2)n1. The van der Waals surface area contributed by atoms with E-state index in [2.05, 4.69) is 20.3 Å². The lowest BCUT2D eigenvalue weighted by atomic mass is 10.1. The summed E-state index contributed by atoms with van der Waals surface area (Å²) >= 11 is 0. The van der Waals surface area contributed by atoms with Crippen molar-refractivity contribution in [2.45, 2.75) is 20.0 Å². The number of rotatable bonds is 6. The van der Waals surface area contributed by atoms with E-state index in [1.54, 1.807) is 67.1 Å². The van der Waals surface area contributed by atoms with E-state index >= 15 is 0 Å². The van der Waals surface area contributed by atoms with Gasteiger partial charge in [0, 0.05) is 5.69 Å². The number of aromatic nitrogens is 3. The van der Waals surface area contributed by atoms with Crippen LogP contribution in [0.1, 0.15) is 23.0 Å².